The van der Waals surface area contributed by atoms with Crippen molar-refractivity contribution in [3.8, 4) is 0 Å². The van der Waals surface area contributed by atoms with Gasteiger partial charge in [0.2, 0.25) is 5.91 Å². The van der Waals surface area contributed by atoms with Crippen molar-refractivity contribution in [1.82, 2.24) is 10.2 Å². The van der Waals surface area contributed by atoms with Crippen molar-refractivity contribution < 1.29 is 4.79 Å². The molecule has 4 N–H and O–H groups in total. The van der Waals surface area contributed by atoms with E-state index in [2.05, 4.69) is 10.2 Å². The summed E-state index contributed by atoms with van der Waals surface area (Å²) < 4.78 is 0. The largest absolute Gasteiger partial charge is 0.370 e. The number of hydrogen-bond acceptors (Lipinski definition) is 2. The number of carbonyl (C=O) groups is 1. The number of amides is 1. The zero-order valence-corrected chi connectivity index (χ0v) is 12.2. The molecule has 5 nitrogen and oxygen atoms in total. The van der Waals surface area contributed by atoms with E-state index in [0.717, 1.165) is 0 Å². The van der Waals surface area contributed by atoms with Crippen LogP contribution < -0.4 is 11.3 Å². The van der Waals surface area contributed by atoms with Crippen LogP contribution in [0.3, 0.4) is 0 Å². The monoisotopic (exact) mass is 313 g/mol. The number of carbonyl (C=O) groups excluding carboxylic acids is 1. The molecular formula is C13H13Cl2N3O2. The Labute approximate surface area is 125 Å². The van der Waals surface area contributed by atoms with E-state index in [1.807, 2.05) is 0 Å². The van der Waals surface area contributed by atoms with Crippen molar-refractivity contribution in [2.75, 3.05) is 0 Å². The molecule has 7 heteroatoms. The molecule has 1 amide bonds. The lowest BCUT2D eigenvalue weighted by Gasteiger charge is -2.16. The Kier molecular flexibility index (Phi) is 4.20. The van der Waals surface area contributed by atoms with Crippen molar-refractivity contribution in [3.05, 3.63) is 55.4 Å². The summed E-state index contributed by atoms with van der Waals surface area (Å²) in [5, 5.41) is 6.10. The van der Waals surface area contributed by atoms with E-state index in [1.54, 1.807) is 25.1 Å². The number of aromatic amines is 2. The second kappa shape index (κ2) is 5.73. The zero-order chi connectivity index (χ0) is 14.9. The van der Waals surface area contributed by atoms with Gasteiger partial charge in [-0.1, -0.05) is 29.3 Å². The van der Waals surface area contributed by atoms with Crippen LogP contribution in [-0.2, 0) is 4.79 Å². The van der Waals surface area contributed by atoms with Crippen LogP contribution in [0.4, 0.5) is 0 Å². The number of benzene rings is 1. The van der Waals surface area contributed by atoms with E-state index in [9.17, 15) is 9.59 Å². The molecule has 0 aliphatic heterocycles. The molecular weight excluding hydrogens is 301 g/mol. The van der Waals surface area contributed by atoms with Gasteiger partial charge in [0, 0.05) is 33.6 Å². The molecule has 2 aromatic rings. The van der Waals surface area contributed by atoms with Crippen LogP contribution in [0, 0.1) is 6.92 Å². The molecule has 0 bridgehead atoms. The molecule has 1 aromatic heterocycles. The van der Waals surface area contributed by atoms with Crippen LogP contribution in [0.5, 0.6) is 0 Å². The molecule has 0 aliphatic carbocycles. The number of H-pyrrole nitrogens is 2. The Morgan fingerprint density at radius 1 is 1.35 bits per heavy atom. The molecule has 1 aromatic carbocycles. The lowest BCUT2D eigenvalue weighted by molar-refractivity contribution is -0.118. The molecule has 1 atom stereocenters. The summed E-state index contributed by atoms with van der Waals surface area (Å²) in [6, 6.07) is 4.93. The highest BCUT2D eigenvalue weighted by atomic mass is 35.5. The Morgan fingerprint density at radius 2 is 2.05 bits per heavy atom. The number of nitrogens with two attached hydrogens (primary N) is 1. The second-order valence-corrected chi connectivity index (χ2v) is 5.35. The maximum absolute atomic E-state index is 11.9. The average Bonchev–Trinajstić information content (AvgIpc) is 2.66. The van der Waals surface area contributed by atoms with Gasteiger partial charge in [-0.2, -0.15) is 0 Å². The molecule has 20 heavy (non-hydrogen) atoms. The van der Waals surface area contributed by atoms with Crippen LogP contribution in [0.1, 0.15) is 29.2 Å². The van der Waals surface area contributed by atoms with E-state index in [4.69, 9.17) is 28.9 Å². The van der Waals surface area contributed by atoms with Crippen molar-refractivity contribution in [2.45, 2.75) is 19.3 Å². The lowest BCUT2D eigenvalue weighted by Crippen LogP contribution is -2.20. The van der Waals surface area contributed by atoms with Crippen LogP contribution in [0.15, 0.2) is 23.0 Å². The summed E-state index contributed by atoms with van der Waals surface area (Å²) in [7, 11) is 0. The Balaban J connectivity index is 2.59. The summed E-state index contributed by atoms with van der Waals surface area (Å²) >= 11 is 12.0. The molecule has 1 unspecified atom stereocenters. The number of hydrogen-bond donors (Lipinski definition) is 3. The highest BCUT2D eigenvalue weighted by Crippen LogP contribution is 2.33. The average molecular weight is 314 g/mol. The van der Waals surface area contributed by atoms with E-state index in [-0.39, 0.29) is 12.0 Å². The van der Waals surface area contributed by atoms with Crippen molar-refractivity contribution >= 4 is 29.1 Å². The van der Waals surface area contributed by atoms with E-state index < -0.39 is 11.8 Å². The van der Waals surface area contributed by atoms with Crippen LogP contribution in [-0.4, -0.2) is 16.1 Å². The van der Waals surface area contributed by atoms with Crippen molar-refractivity contribution in [3.63, 3.8) is 0 Å². The minimum atomic E-state index is -0.513. The molecule has 0 saturated heterocycles. The maximum atomic E-state index is 11.9. The first-order chi connectivity index (χ1) is 9.40. The van der Waals surface area contributed by atoms with Crippen molar-refractivity contribution in [2.24, 2.45) is 5.73 Å². The number of rotatable bonds is 4. The molecule has 106 valence electrons. The highest BCUT2D eigenvalue weighted by molar-refractivity contribution is 6.35. The second-order valence-electron chi connectivity index (χ2n) is 4.51. The summed E-state index contributed by atoms with van der Waals surface area (Å²) in [4.78, 5) is 23.2. The first kappa shape index (κ1) is 14.7. The Morgan fingerprint density at radius 3 is 2.55 bits per heavy atom. The van der Waals surface area contributed by atoms with Crippen LogP contribution >= 0.6 is 23.2 Å². The predicted octanol–water partition coefficient (Wildman–Crippen LogP) is 2.33. The van der Waals surface area contributed by atoms with Gasteiger partial charge >= 0.3 is 0 Å². The standard InChI is InChI=1S/C13H13Cl2N3O2/c1-6-12(13(20)18-17-6)9(5-11(16)19)8-3-2-7(14)4-10(8)15/h2-4,9H,5H2,1H3,(H2,16,19)(H2,17,18,20). The van der Waals surface area contributed by atoms with Gasteiger partial charge in [0.25, 0.3) is 5.56 Å². The lowest BCUT2D eigenvalue weighted by atomic mass is 9.88. The smallest absolute Gasteiger partial charge is 0.267 e. The van der Waals surface area contributed by atoms with Crippen molar-refractivity contribution in [1.29, 1.82) is 0 Å². The third-order valence-corrected chi connectivity index (χ3v) is 3.67. The normalized spacial score (nSPS) is 12.3. The van der Waals surface area contributed by atoms with Gasteiger partial charge in [-0.05, 0) is 24.6 Å². The Bertz CT molecular complexity index is 706. The third kappa shape index (κ3) is 2.89. The molecule has 0 saturated carbocycles. The molecule has 0 aliphatic rings. The van der Waals surface area contributed by atoms with Crippen LogP contribution in [0.2, 0.25) is 10.0 Å². The third-order valence-electron chi connectivity index (χ3n) is 3.10. The molecule has 0 radical (unpaired) electrons. The first-order valence-electron chi connectivity index (χ1n) is 5.90. The minimum absolute atomic E-state index is 0.0108. The number of aromatic nitrogens is 2. The predicted molar refractivity (Wildman–Crippen MR) is 78.3 cm³/mol. The van der Waals surface area contributed by atoms with Gasteiger partial charge < -0.3 is 10.8 Å². The summed E-state index contributed by atoms with van der Waals surface area (Å²) in [6.07, 6.45) is -0.0108. The molecule has 0 spiro atoms. The first-order valence-corrected chi connectivity index (χ1v) is 6.66. The van der Waals surface area contributed by atoms with Gasteiger partial charge in [-0.25, -0.2) is 0 Å². The van der Waals surface area contributed by atoms with Gasteiger partial charge in [0.05, 0.1) is 0 Å². The fourth-order valence-corrected chi connectivity index (χ4v) is 2.77. The summed E-state index contributed by atoms with van der Waals surface area (Å²) in [5.41, 5.74) is 6.73. The topological polar surface area (TPSA) is 91.7 Å². The number of aryl methyl sites for hydroxylation is 1. The minimum Gasteiger partial charge on any atom is -0.370 e. The van der Waals surface area contributed by atoms with E-state index in [0.29, 0.717) is 26.9 Å². The number of nitrogens with one attached hydrogen (secondary N) is 2. The van der Waals surface area contributed by atoms with Gasteiger partial charge in [-0.3, -0.25) is 14.7 Å². The van der Waals surface area contributed by atoms with Gasteiger partial charge in [-0.15, -0.1) is 0 Å². The summed E-state index contributed by atoms with van der Waals surface area (Å²) in [6.45, 7) is 1.74. The molecule has 2 rings (SSSR count). The fraction of sp³-hybridized carbons (Fsp3) is 0.231. The fourth-order valence-electron chi connectivity index (χ4n) is 2.23. The molecule has 1 heterocycles. The van der Waals surface area contributed by atoms with Crippen LogP contribution in [0.25, 0.3) is 0 Å². The zero-order valence-electron chi connectivity index (χ0n) is 10.7. The maximum Gasteiger partial charge on any atom is 0.267 e. The highest BCUT2D eigenvalue weighted by Gasteiger charge is 2.25. The SMILES string of the molecule is Cc1[nH][nH]c(=O)c1C(CC(N)=O)c1ccc(Cl)cc1Cl. The van der Waals surface area contributed by atoms with Gasteiger partial charge in [0.15, 0.2) is 0 Å². The molecule has 0 fully saturated rings. The summed E-state index contributed by atoms with van der Waals surface area (Å²) in [5.74, 6) is -1.02. The van der Waals surface area contributed by atoms with E-state index >= 15 is 0 Å². The van der Waals surface area contributed by atoms with E-state index in [1.165, 1.54) is 0 Å². The van der Waals surface area contributed by atoms with Gasteiger partial charge in [0.1, 0.15) is 0 Å². The number of primary amides is 1. The Hall–Kier alpha value is -1.72. The number of halogens is 2. The quantitative estimate of drug-likeness (QED) is 0.808.